The van der Waals surface area contributed by atoms with E-state index in [2.05, 4.69) is 0 Å². The van der Waals surface area contributed by atoms with Gasteiger partial charge in [0.25, 0.3) is 0 Å². The van der Waals surface area contributed by atoms with E-state index >= 15 is 0 Å². The van der Waals surface area contributed by atoms with Crippen LogP contribution in [0, 0.1) is 5.82 Å². The molecule has 1 N–H and O–H groups in total. The summed E-state index contributed by atoms with van der Waals surface area (Å²) in [6, 6.07) is 10.7. The van der Waals surface area contributed by atoms with Gasteiger partial charge in [-0.2, -0.15) is 0 Å². The van der Waals surface area contributed by atoms with Gasteiger partial charge in [-0.1, -0.05) is 24.3 Å². The highest BCUT2D eigenvalue weighted by molar-refractivity contribution is 5.89. The summed E-state index contributed by atoms with van der Waals surface area (Å²) in [7, 11) is 0. The second kappa shape index (κ2) is 6.70. The first-order valence-electron chi connectivity index (χ1n) is 6.54. The second-order valence-corrected chi connectivity index (χ2v) is 4.38. The molecule has 0 bridgehead atoms. The Labute approximate surface area is 122 Å². The molecule has 0 fully saturated rings. The lowest BCUT2D eigenvalue weighted by atomic mass is 10.1. The Morgan fingerprint density at radius 2 is 1.90 bits per heavy atom. The van der Waals surface area contributed by atoms with E-state index < -0.39 is 5.97 Å². The van der Waals surface area contributed by atoms with Gasteiger partial charge in [0.05, 0.1) is 12.2 Å². The minimum absolute atomic E-state index is 0.192. The van der Waals surface area contributed by atoms with E-state index in [9.17, 15) is 9.18 Å². The van der Waals surface area contributed by atoms with Crippen molar-refractivity contribution in [3.8, 4) is 5.75 Å². The van der Waals surface area contributed by atoms with Gasteiger partial charge in [0.15, 0.2) is 0 Å². The Hall–Kier alpha value is -2.62. The van der Waals surface area contributed by atoms with Crippen molar-refractivity contribution in [2.24, 2.45) is 0 Å². The molecular weight excluding hydrogens is 271 g/mol. The topological polar surface area (TPSA) is 46.5 Å². The molecule has 0 aliphatic rings. The second-order valence-electron chi connectivity index (χ2n) is 4.38. The van der Waals surface area contributed by atoms with Crippen LogP contribution in [0.25, 0.3) is 12.2 Å². The van der Waals surface area contributed by atoms with Gasteiger partial charge in [-0.25, -0.2) is 9.18 Å². The molecule has 0 aliphatic heterocycles. The van der Waals surface area contributed by atoms with E-state index in [0.717, 1.165) is 5.56 Å². The Kier molecular flexibility index (Phi) is 4.72. The average Bonchev–Trinajstić information content (AvgIpc) is 2.48. The zero-order valence-corrected chi connectivity index (χ0v) is 11.5. The van der Waals surface area contributed by atoms with Crippen LogP contribution in [-0.2, 0) is 0 Å². The highest BCUT2D eigenvalue weighted by Gasteiger charge is 2.07. The van der Waals surface area contributed by atoms with Crippen molar-refractivity contribution in [2.75, 3.05) is 6.61 Å². The summed E-state index contributed by atoms with van der Waals surface area (Å²) >= 11 is 0. The molecule has 0 atom stereocenters. The highest BCUT2D eigenvalue weighted by Crippen LogP contribution is 2.23. The Morgan fingerprint density at radius 1 is 1.19 bits per heavy atom. The van der Waals surface area contributed by atoms with Gasteiger partial charge in [-0.05, 0) is 42.8 Å². The minimum atomic E-state index is -0.991. The first kappa shape index (κ1) is 14.8. The normalized spacial score (nSPS) is 10.8. The summed E-state index contributed by atoms with van der Waals surface area (Å²) in [6.07, 6.45) is 3.54. The van der Waals surface area contributed by atoms with E-state index in [-0.39, 0.29) is 11.4 Å². The molecule has 0 aliphatic carbocycles. The van der Waals surface area contributed by atoms with Crippen molar-refractivity contribution in [3.63, 3.8) is 0 Å². The molecule has 4 heteroatoms. The molecule has 3 nitrogen and oxygen atoms in total. The van der Waals surface area contributed by atoms with Crippen LogP contribution in [0.4, 0.5) is 4.39 Å². The molecule has 108 valence electrons. The Morgan fingerprint density at radius 3 is 2.52 bits per heavy atom. The standard InChI is InChI=1S/C17H15FO3/c1-2-21-16-10-7-14(17(19)20)11-13(16)6-3-12-4-8-15(18)9-5-12/h3-11H,2H2,1H3,(H,19,20). The monoisotopic (exact) mass is 286 g/mol. The molecule has 0 amide bonds. The zero-order chi connectivity index (χ0) is 15.2. The lowest BCUT2D eigenvalue weighted by molar-refractivity contribution is 0.0697. The summed E-state index contributed by atoms with van der Waals surface area (Å²) < 4.78 is 18.3. The van der Waals surface area contributed by atoms with Crippen LogP contribution in [-0.4, -0.2) is 17.7 Å². The van der Waals surface area contributed by atoms with Crippen LogP contribution in [0.1, 0.15) is 28.4 Å². The molecule has 0 heterocycles. The maximum Gasteiger partial charge on any atom is 0.335 e. The molecule has 0 aromatic heterocycles. The van der Waals surface area contributed by atoms with E-state index in [1.54, 1.807) is 36.4 Å². The fourth-order valence-electron chi connectivity index (χ4n) is 1.86. The van der Waals surface area contributed by atoms with Crippen molar-refractivity contribution in [1.82, 2.24) is 0 Å². The van der Waals surface area contributed by atoms with E-state index in [4.69, 9.17) is 9.84 Å². The predicted octanol–water partition coefficient (Wildman–Crippen LogP) is 4.09. The summed E-state index contributed by atoms with van der Waals surface area (Å²) in [5.74, 6) is -0.676. The third-order valence-electron chi connectivity index (χ3n) is 2.88. The molecule has 0 radical (unpaired) electrons. The molecule has 0 spiro atoms. The van der Waals surface area contributed by atoms with Crippen LogP contribution in [0.2, 0.25) is 0 Å². The van der Waals surface area contributed by atoms with Crippen LogP contribution in [0.3, 0.4) is 0 Å². The van der Waals surface area contributed by atoms with Gasteiger partial charge in [-0.3, -0.25) is 0 Å². The first-order valence-corrected chi connectivity index (χ1v) is 6.54. The van der Waals surface area contributed by atoms with Crippen molar-refractivity contribution in [1.29, 1.82) is 0 Å². The third kappa shape index (κ3) is 3.92. The van der Waals surface area contributed by atoms with Crippen molar-refractivity contribution in [2.45, 2.75) is 6.92 Å². The number of benzene rings is 2. The van der Waals surface area contributed by atoms with E-state index in [0.29, 0.717) is 17.9 Å². The summed E-state index contributed by atoms with van der Waals surface area (Å²) in [6.45, 7) is 2.35. The predicted molar refractivity (Wildman–Crippen MR) is 79.9 cm³/mol. The Bertz CT molecular complexity index is 660. The molecule has 2 aromatic rings. The average molecular weight is 286 g/mol. The lowest BCUT2D eigenvalue weighted by Gasteiger charge is -2.08. The summed E-state index contributed by atoms with van der Waals surface area (Å²) in [5.41, 5.74) is 1.68. The SMILES string of the molecule is CCOc1ccc(C(=O)O)cc1C=Cc1ccc(F)cc1. The molecule has 0 unspecified atom stereocenters. The molecule has 0 saturated carbocycles. The van der Waals surface area contributed by atoms with Gasteiger partial charge in [0.1, 0.15) is 11.6 Å². The largest absolute Gasteiger partial charge is 0.493 e. The van der Waals surface area contributed by atoms with Gasteiger partial charge < -0.3 is 9.84 Å². The summed E-state index contributed by atoms with van der Waals surface area (Å²) in [4.78, 5) is 11.0. The van der Waals surface area contributed by atoms with Crippen LogP contribution in [0.5, 0.6) is 5.75 Å². The van der Waals surface area contributed by atoms with Crippen LogP contribution in [0.15, 0.2) is 42.5 Å². The summed E-state index contributed by atoms with van der Waals surface area (Å²) in [5, 5.41) is 9.04. The number of ether oxygens (including phenoxy) is 1. The quantitative estimate of drug-likeness (QED) is 0.842. The van der Waals surface area contributed by atoms with E-state index in [1.807, 2.05) is 6.92 Å². The first-order chi connectivity index (χ1) is 10.1. The molecular formula is C17H15FO3. The van der Waals surface area contributed by atoms with Crippen molar-refractivity contribution >= 4 is 18.1 Å². The number of aromatic carboxylic acids is 1. The number of carbonyl (C=O) groups is 1. The van der Waals surface area contributed by atoms with Crippen LogP contribution >= 0.6 is 0 Å². The van der Waals surface area contributed by atoms with Gasteiger partial charge in [-0.15, -0.1) is 0 Å². The smallest absolute Gasteiger partial charge is 0.335 e. The maximum atomic E-state index is 12.8. The number of rotatable bonds is 5. The fourth-order valence-corrected chi connectivity index (χ4v) is 1.86. The number of hydrogen-bond acceptors (Lipinski definition) is 2. The van der Waals surface area contributed by atoms with Gasteiger partial charge in [0.2, 0.25) is 0 Å². The minimum Gasteiger partial charge on any atom is -0.493 e. The highest BCUT2D eigenvalue weighted by atomic mass is 19.1. The lowest BCUT2D eigenvalue weighted by Crippen LogP contribution is -1.99. The number of carboxylic acid groups (broad SMARTS) is 1. The van der Waals surface area contributed by atoms with E-state index in [1.165, 1.54) is 18.2 Å². The molecule has 0 saturated heterocycles. The van der Waals surface area contributed by atoms with Crippen molar-refractivity contribution < 1.29 is 19.0 Å². The number of carboxylic acids is 1. The molecule has 21 heavy (non-hydrogen) atoms. The zero-order valence-electron chi connectivity index (χ0n) is 11.5. The fraction of sp³-hybridized carbons (Fsp3) is 0.118. The van der Waals surface area contributed by atoms with Gasteiger partial charge >= 0.3 is 5.97 Å². The Balaban J connectivity index is 2.33. The maximum absolute atomic E-state index is 12.8. The molecule has 2 aromatic carbocycles. The molecule has 2 rings (SSSR count). The van der Waals surface area contributed by atoms with Gasteiger partial charge in [0, 0.05) is 5.56 Å². The number of hydrogen-bond donors (Lipinski definition) is 1. The third-order valence-corrected chi connectivity index (χ3v) is 2.88. The van der Waals surface area contributed by atoms with Crippen LogP contribution < -0.4 is 4.74 Å². The number of halogens is 1. The van der Waals surface area contributed by atoms with Crippen molar-refractivity contribution in [3.05, 3.63) is 65.0 Å².